The first kappa shape index (κ1) is 9.53. The fourth-order valence-corrected chi connectivity index (χ4v) is 1.93. The predicted octanol–water partition coefficient (Wildman–Crippen LogP) is 2.42. The van der Waals surface area contributed by atoms with Crippen LogP contribution < -0.4 is 4.74 Å². The molecular formula is C12H16O2. The minimum absolute atomic E-state index is 0.150. The Labute approximate surface area is 84.8 Å². The van der Waals surface area contributed by atoms with Crippen molar-refractivity contribution in [3.05, 3.63) is 29.8 Å². The Kier molecular flexibility index (Phi) is 2.46. The lowest BCUT2D eigenvalue weighted by Crippen LogP contribution is -2.40. The summed E-state index contributed by atoms with van der Waals surface area (Å²) in [6.07, 6.45) is 2.11. The molecule has 0 aliphatic carbocycles. The molecule has 0 saturated carbocycles. The van der Waals surface area contributed by atoms with Gasteiger partial charge in [-0.25, -0.2) is 0 Å². The molecule has 0 aromatic heterocycles. The molecule has 0 fully saturated rings. The van der Waals surface area contributed by atoms with Crippen LogP contribution in [-0.4, -0.2) is 19.3 Å². The van der Waals surface area contributed by atoms with E-state index in [1.807, 2.05) is 12.1 Å². The van der Waals surface area contributed by atoms with Gasteiger partial charge in [-0.1, -0.05) is 18.2 Å². The molecule has 1 aliphatic rings. The summed E-state index contributed by atoms with van der Waals surface area (Å²) in [5, 5.41) is 0. The van der Waals surface area contributed by atoms with Crippen LogP contribution in [0.2, 0.25) is 0 Å². The summed E-state index contributed by atoms with van der Waals surface area (Å²) in [6.45, 7) is 2.76. The third kappa shape index (κ3) is 1.75. The normalized spacial score (nSPS) is 25.3. The van der Waals surface area contributed by atoms with Crippen molar-refractivity contribution in [2.75, 3.05) is 13.7 Å². The highest BCUT2D eigenvalue weighted by atomic mass is 16.5. The van der Waals surface area contributed by atoms with Gasteiger partial charge in [0.2, 0.25) is 0 Å². The summed E-state index contributed by atoms with van der Waals surface area (Å²) < 4.78 is 11.1. The molecule has 14 heavy (non-hydrogen) atoms. The number of rotatable bonds is 2. The quantitative estimate of drug-likeness (QED) is 0.716. The number of benzene rings is 1. The molecule has 1 aromatic carbocycles. The van der Waals surface area contributed by atoms with E-state index in [9.17, 15) is 0 Å². The average Bonchev–Trinajstić information content (AvgIpc) is 2.17. The standard InChI is InChI=1S/C12H16O2/c1-12(9-13-2)8-7-10-5-3-4-6-11(10)14-12/h3-6H,7-9H2,1-2H3/t12-/m0/s1. The number of methoxy groups -OCH3 is 1. The number of hydrogen-bond acceptors (Lipinski definition) is 2. The van der Waals surface area contributed by atoms with E-state index in [1.54, 1.807) is 7.11 Å². The van der Waals surface area contributed by atoms with Gasteiger partial charge in [-0.15, -0.1) is 0 Å². The molecule has 0 unspecified atom stereocenters. The molecule has 2 rings (SSSR count). The van der Waals surface area contributed by atoms with Crippen LogP contribution in [-0.2, 0) is 11.2 Å². The van der Waals surface area contributed by atoms with Crippen LogP contribution in [0.3, 0.4) is 0 Å². The molecule has 1 aliphatic heterocycles. The van der Waals surface area contributed by atoms with Crippen molar-refractivity contribution < 1.29 is 9.47 Å². The maximum Gasteiger partial charge on any atom is 0.130 e. The summed E-state index contributed by atoms with van der Waals surface area (Å²) in [5.41, 5.74) is 1.16. The van der Waals surface area contributed by atoms with Crippen LogP contribution in [0.25, 0.3) is 0 Å². The molecular weight excluding hydrogens is 176 g/mol. The van der Waals surface area contributed by atoms with Crippen molar-refractivity contribution in [3.8, 4) is 5.75 Å². The fourth-order valence-electron chi connectivity index (χ4n) is 1.93. The second-order valence-corrected chi connectivity index (χ2v) is 4.09. The first-order valence-corrected chi connectivity index (χ1v) is 4.99. The van der Waals surface area contributed by atoms with Gasteiger partial charge in [-0.2, -0.15) is 0 Å². The fraction of sp³-hybridized carbons (Fsp3) is 0.500. The van der Waals surface area contributed by atoms with Gasteiger partial charge < -0.3 is 9.47 Å². The first-order valence-electron chi connectivity index (χ1n) is 4.99. The lowest BCUT2D eigenvalue weighted by atomic mass is 9.93. The zero-order valence-electron chi connectivity index (χ0n) is 8.75. The van der Waals surface area contributed by atoms with Gasteiger partial charge in [0.1, 0.15) is 11.4 Å². The van der Waals surface area contributed by atoms with Crippen LogP contribution in [0.4, 0.5) is 0 Å². The molecule has 2 heteroatoms. The Balaban J connectivity index is 2.20. The SMILES string of the molecule is COC[C@]1(C)CCc2ccccc2O1. The zero-order valence-corrected chi connectivity index (χ0v) is 8.75. The van der Waals surface area contributed by atoms with E-state index in [0.717, 1.165) is 18.6 Å². The van der Waals surface area contributed by atoms with Crippen molar-refractivity contribution in [2.24, 2.45) is 0 Å². The second kappa shape index (κ2) is 3.62. The molecule has 1 atom stereocenters. The summed E-state index contributed by atoms with van der Waals surface area (Å²) in [6, 6.07) is 8.22. The topological polar surface area (TPSA) is 18.5 Å². The Bertz CT molecular complexity index is 322. The van der Waals surface area contributed by atoms with E-state index in [0.29, 0.717) is 6.61 Å². The Hall–Kier alpha value is -1.02. The minimum Gasteiger partial charge on any atom is -0.485 e. The first-order chi connectivity index (χ1) is 6.73. The molecule has 1 aromatic rings. The summed E-state index contributed by atoms with van der Waals surface area (Å²) in [5.74, 6) is 1.01. The van der Waals surface area contributed by atoms with Crippen LogP contribution in [0.15, 0.2) is 24.3 Å². The molecule has 0 amide bonds. The van der Waals surface area contributed by atoms with Gasteiger partial charge >= 0.3 is 0 Å². The van der Waals surface area contributed by atoms with Crippen molar-refractivity contribution in [1.29, 1.82) is 0 Å². The highest BCUT2D eigenvalue weighted by molar-refractivity contribution is 5.35. The average molecular weight is 192 g/mol. The number of para-hydroxylation sites is 1. The monoisotopic (exact) mass is 192 g/mol. The predicted molar refractivity (Wildman–Crippen MR) is 55.7 cm³/mol. The largest absolute Gasteiger partial charge is 0.485 e. The summed E-state index contributed by atoms with van der Waals surface area (Å²) in [7, 11) is 1.72. The number of ether oxygens (including phenoxy) is 2. The number of hydrogen-bond donors (Lipinski definition) is 0. The summed E-state index contributed by atoms with van der Waals surface area (Å²) in [4.78, 5) is 0. The highest BCUT2D eigenvalue weighted by Crippen LogP contribution is 2.32. The van der Waals surface area contributed by atoms with Crippen molar-refractivity contribution in [3.63, 3.8) is 0 Å². The van der Waals surface area contributed by atoms with Gasteiger partial charge in [-0.3, -0.25) is 0 Å². The van der Waals surface area contributed by atoms with Crippen LogP contribution in [0.5, 0.6) is 5.75 Å². The summed E-state index contributed by atoms with van der Waals surface area (Å²) >= 11 is 0. The maximum absolute atomic E-state index is 5.93. The van der Waals surface area contributed by atoms with Crippen molar-refractivity contribution in [1.82, 2.24) is 0 Å². The van der Waals surface area contributed by atoms with E-state index in [-0.39, 0.29) is 5.60 Å². The molecule has 0 saturated heterocycles. The van der Waals surface area contributed by atoms with E-state index in [1.165, 1.54) is 5.56 Å². The van der Waals surface area contributed by atoms with Crippen molar-refractivity contribution in [2.45, 2.75) is 25.4 Å². The van der Waals surface area contributed by atoms with Gasteiger partial charge in [0, 0.05) is 7.11 Å². The minimum atomic E-state index is -0.150. The third-order valence-electron chi connectivity index (χ3n) is 2.70. The highest BCUT2D eigenvalue weighted by Gasteiger charge is 2.31. The lowest BCUT2D eigenvalue weighted by molar-refractivity contribution is -0.0105. The number of aryl methyl sites for hydroxylation is 1. The molecule has 0 radical (unpaired) electrons. The molecule has 0 N–H and O–H groups in total. The van der Waals surface area contributed by atoms with Gasteiger partial charge in [-0.05, 0) is 31.4 Å². The molecule has 2 nitrogen and oxygen atoms in total. The molecule has 76 valence electrons. The van der Waals surface area contributed by atoms with Gasteiger partial charge in [0.05, 0.1) is 6.61 Å². The second-order valence-electron chi connectivity index (χ2n) is 4.09. The van der Waals surface area contributed by atoms with Crippen LogP contribution in [0.1, 0.15) is 18.9 Å². The van der Waals surface area contributed by atoms with Crippen molar-refractivity contribution >= 4 is 0 Å². The Morgan fingerprint density at radius 2 is 2.21 bits per heavy atom. The number of fused-ring (bicyclic) bond motifs is 1. The van der Waals surface area contributed by atoms with E-state index in [2.05, 4.69) is 19.1 Å². The van der Waals surface area contributed by atoms with E-state index < -0.39 is 0 Å². The lowest BCUT2D eigenvalue weighted by Gasteiger charge is -2.35. The smallest absolute Gasteiger partial charge is 0.130 e. The van der Waals surface area contributed by atoms with Crippen LogP contribution >= 0.6 is 0 Å². The van der Waals surface area contributed by atoms with Gasteiger partial charge in [0.25, 0.3) is 0 Å². The Morgan fingerprint density at radius 3 is 3.00 bits per heavy atom. The molecule has 0 bridgehead atoms. The van der Waals surface area contributed by atoms with E-state index >= 15 is 0 Å². The van der Waals surface area contributed by atoms with Crippen LogP contribution in [0, 0.1) is 0 Å². The zero-order chi connectivity index (χ0) is 10.0. The van der Waals surface area contributed by atoms with E-state index in [4.69, 9.17) is 9.47 Å². The third-order valence-corrected chi connectivity index (χ3v) is 2.70. The van der Waals surface area contributed by atoms with Gasteiger partial charge in [0.15, 0.2) is 0 Å². The molecule has 0 spiro atoms. The molecule has 1 heterocycles. The Morgan fingerprint density at radius 1 is 1.43 bits per heavy atom. The maximum atomic E-state index is 5.93.